The van der Waals surface area contributed by atoms with Gasteiger partial charge in [-0.15, -0.1) is 0 Å². The van der Waals surface area contributed by atoms with Crippen LogP contribution in [0.4, 0.5) is 28.6 Å². The first-order valence-electron chi connectivity index (χ1n) is 12.0. The fraction of sp³-hybridized carbons (Fsp3) is 0.640. The van der Waals surface area contributed by atoms with Gasteiger partial charge in [-0.1, -0.05) is 16.8 Å². The lowest BCUT2D eigenvalue weighted by molar-refractivity contribution is -0.188. The molecule has 1 fully saturated rings. The van der Waals surface area contributed by atoms with Crippen LogP contribution in [0.1, 0.15) is 72.8 Å². The number of rotatable bonds is 4. The third kappa shape index (κ3) is 7.73. The van der Waals surface area contributed by atoms with Gasteiger partial charge >= 0.3 is 18.4 Å². The Morgan fingerprint density at radius 1 is 1.00 bits per heavy atom. The third-order valence-corrected chi connectivity index (χ3v) is 5.95. The van der Waals surface area contributed by atoms with Gasteiger partial charge in [0.25, 0.3) is 0 Å². The summed E-state index contributed by atoms with van der Waals surface area (Å²) in [5, 5.41) is 4.41. The molecule has 0 aliphatic heterocycles. The van der Waals surface area contributed by atoms with Crippen LogP contribution in [0.15, 0.2) is 16.7 Å². The Labute approximate surface area is 218 Å². The monoisotopic (exact) mass is 548 g/mol. The van der Waals surface area contributed by atoms with Crippen molar-refractivity contribution in [2.45, 2.75) is 97.3 Å². The number of fused-ring (bicyclic) bond motifs is 1. The van der Waals surface area contributed by atoms with Crippen molar-refractivity contribution in [1.29, 1.82) is 0 Å². The van der Waals surface area contributed by atoms with Crippen LogP contribution < -0.4 is 4.90 Å². The van der Waals surface area contributed by atoms with Gasteiger partial charge in [0.15, 0.2) is 11.4 Å². The first-order valence-corrected chi connectivity index (χ1v) is 12.3. The van der Waals surface area contributed by atoms with Gasteiger partial charge in [-0.25, -0.2) is 9.59 Å². The van der Waals surface area contributed by atoms with E-state index in [1.54, 1.807) is 47.6 Å². The van der Waals surface area contributed by atoms with E-state index in [0.717, 1.165) is 0 Å². The number of carbonyl (C=O) groups is 2. The lowest BCUT2D eigenvalue weighted by Crippen LogP contribution is -2.44. The Morgan fingerprint density at radius 3 is 2.03 bits per heavy atom. The number of ether oxygens (including phenoxy) is 3. The van der Waals surface area contributed by atoms with E-state index in [0.29, 0.717) is 23.3 Å². The molecule has 1 aromatic carbocycles. The van der Waals surface area contributed by atoms with E-state index in [9.17, 15) is 22.8 Å². The minimum atomic E-state index is -4.18. The highest BCUT2D eigenvalue weighted by atomic mass is 35.5. The molecule has 0 bridgehead atoms. The van der Waals surface area contributed by atoms with Crippen molar-refractivity contribution in [3.63, 3.8) is 0 Å². The van der Waals surface area contributed by atoms with Gasteiger partial charge in [0.05, 0.1) is 24.0 Å². The molecule has 1 aliphatic rings. The van der Waals surface area contributed by atoms with Gasteiger partial charge in [0, 0.05) is 10.6 Å². The Morgan fingerprint density at radius 2 is 1.54 bits per heavy atom. The molecule has 12 heteroatoms. The molecule has 8 nitrogen and oxygen atoms in total. The van der Waals surface area contributed by atoms with E-state index in [2.05, 4.69) is 5.16 Å². The molecular weight excluding hydrogens is 517 g/mol. The van der Waals surface area contributed by atoms with Gasteiger partial charge in [0.2, 0.25) is 0 Å². The maximum absolute atomic E-state index is 12.9. The molecule has 1 saturated carbocycles. The Balaban J connectivity index is 1.81. The number of hydrogen-bond acceptors (Lipinski definition) is 7. The quantitative estimate of drug-likeness (QED) is 0.385. The van der Waals surface area contributed by atoms with Gasteiger partial charge in [-0.2, -0.15) is 18.1 Å². The van der Waals surface area contributed by atoms with Crippen molar-refractivity contribution >= 4 is 40.6 Å². The molecule has 0 N–H and O–H groups in total. The van der Waals surface area contributed by atoms with Crippen molar-refractivity contribution in [3.05, 3.63) is 22.7 Å². The molecule has 0 spiro atoms. The lowest BCUT2D eigenvalue weighted by atomic mass is 9.87. The van der Waals surface area contributed by atoms with Crippen LogP contribution in [0.5, 0.6) is 0 Å². The summed E-state index contributed by atoms with van der Waals surface area (Å²) in [6, 6.07) is 3.03. The summed E-state index contributed by atoms with van der Waals surface area (Å²) in [7, 11) is 0. The van der Waals surface area contributed by atoms with Gasteiger partial charge in [-0.05, 0) is 79.4 Å². The highest BCUT2D eigenvalue weighted by Gasteiger charge is 2.41. The minimum Gasteiger partial charge on any atom is -0.443 e. The Bertz CT molecular complexity index is 1100. The highest BCUT2D eigenvalue weighted by molar-refractivity contribution is 6.32. The molecular formula is C25H32ClF3N2O6. The first kappa shape index (κ1) is 29.0. The van der Waals surface area contributed by atoms with Crippen LogP contribution in [0.3, 0.4) is 0 Å². The molecule has 0 atom stereocenters. The van der Waals surface area contributed by atoms with Crippen LogP contribution in [0.2, 0.25) is 5.02 Å². The van der Waals surface area contributed by atoms with Crippen LogP contribution >= 0.6 is 11.6 Å². The third-order valence-electron chi connectivity index (χ3n) is 5.60. The summed E-state index contributed by atoms with van der Waals surface area (Å²) in [4.78, 5) is 26.5. The van der Waals surface area contributed by atoms with Gasteiger partial charge in [0.1, 0.15) is 11.2 Å². The molecule has 2 aromatic rings. The second-order valence-corrected chi connectivity index (χ2v) is 11.5. The molecule has 37 heavy (non-hydrogen) atoms. The number of imide groups is 1. The number of hydrogen-bond donors (Lipinski definition) is 0. The summed E-state index contributed by atoms with van der Waals surface area (Å²) < 4.78 is 60.7. The Hall–Kier alpha value is -2.53. The molecule has 0 saturated heterocycles. The smallest absolute Gasteiger partial charge is 0.425 e. The second kappa shape index (κ2) is 10.7. The molecule has 2 amide bonds. The van der Waals surface area contributed by atoms with Crippen LogP contribution in [0, 0.1) is 5.92 Å². The number of nitrogens with zero attached hydrogens (tertiary/aromatic N) is 2. The summed E-state index contributed by atoms with van der Waals surface area (Å²) in [6.45, 7) is 9.95. The molecule has 0 radical (unpaired) electrons. The van der Waals surface area contributed by atoms with Crippen LogP contribution in [0.25, 0.3) is 11.0 Å². The maximum Gasteiger partial charge on any atom is 0.425 e. The van der Waals surface area contributed by atoms with E-state index in [1.807, 2.05) is 0 Å². The topological polar surface area (TPSA) is 91.1 Å². The number of amides is 2. The molecule has 1 heterocycles. The lowest BCUT2D eigenvalue weighted by Gasteiger charge is -2.29. The standard InChI is InChI=1S/C25H32ClF3N2O6/c1-23(2,3)35-21(32)31(22(33)36-24(4,5)6)20-17-12-18(26)14(11-19(17)37-30-20)13-34-16-9-7-15(8-10-16)25(27,28)29/h11-12,15-16H,7-10,13H2,1-6H3. The molecule has 1 aromatic heterocycles. The zero-order valence-electron chi connectivity index (χ0n) is 21.7. The van der Waals surface area contributed by atoms with E-state index in [1.165, 1.54) is 6.07 Å². The maximum atomic E-state index is 12.9. The predicted octanol–water partition coefficient (Wildman–Crippen LogP) is 7.80. The summed E-state index contributed by atoms with van der Waals surface area (Å²) in [5.41, 5.74) is -1.07. The van der Waals surface area contributed by atoms with Crippen molar-refractivity contribution in [2.75, 3.05) is 4.90 Å². The molecule has 206 valence electrons. The average Bonchev–Trinajstić information content (AvgIpc) is 3.11. The Kier molecular flexibility index (Phi) is 8.38. The summed E-state index contributed by atoms with van der Waals surface area (Å²) >= 11 is 6.46. The van der Waals surface area contributed by atoms with Gasteiger partial charge in [-0.3, -0.25) is 0 Å². The number of alkyl halides is 3. The zero-order valence-corrected chi connectivity index (χ0v) is 22.5. The van der Waals surface area contributed by atoms with Crippen LogP contribution in [-0.4, -0.2) is 40.8 Å². The van der Waals surface area contributed by atoms with E-state index >= 15 is 0 Å². The molecule has 0 unspecified atom stereocenters. The second-order valence-electron chi connectivity index (χ2n) is 11.1. The zero-order chi connectivity index (χ0) is 27.8. The van der Waals surface area contributed by atoms with E-state index in [-0.39, 0.29) is 47.4 Å². The van der Waals surface area contributed by atoms with Crippen molar-refractivity contribution in [1.82, 2.24) is 5.16 Å². The van der Waals surface area contributed by atoms with Crippen molar-refractivity contribution < 1.29 is 41.5 Å². The largest absolute Gasteiger partial charge is 0.443 e. The van der Waals surface area contributed by atoms with E-state index < -0.39 is 35.5 Å². The predicted molar refractivity (Wildman–Crippen MR) is 131 cm³/mol. The molecule has 1 aliphatic carbocycles. The number of anilines is 1. The van der Waals surface area contributed by atoms with Crippen molar-refractivity contribution in [3.8, 4) is 0 Å². The first-order chi connectivity index (χ1) is 16.9. The summed E-state index contributed by atoms with van der Waals surface area (Å²) in [5.74, 6) is -1.45. The van der Waals surface area contributed by atoms with Crippen LogP contribution in [-0.2, 0) is 20.8 Å². The SMILES string of the molecule is CC(C)(C)OC(=O)N(C(=O)OC(C)(C)C)c1noc2cc(COC3CCC(C(F)(F)F)CC3)c(Cl)cc12. The average molecular weight is 549 g/mol. The number of aromatic nitrogens is 1. The highest BCUT2D eigenvalue weighted by Crippen LogP contribution is 2.39. The molecule has 3 rings (SSSR count). The van der Waals surface area contributed by atoms with Crippen molar-refractivity contribution in [2.24, 2.45) is 5.92 Å². The van der Waals surface area contributed by atoms with E-state index in [4.69, 9.17) is 30.3 Å². The fourth-order valence-electron chi connectivity index (χ4n) is 3.89. The van der Waals surface area contributed by atoms with Gasteiger partial charge < -0.3 is 18.7 Å². The summed E-state index contributed by atoms with van der Waals surface area (Å²) in [6.07, 6.45) is -5.85. The number of carbonyl (C=O) groups excluding carboxylic acids is 2. The number of benzene rings is 1. The normalized spacial score (nSPS) is 19.1. The minimum absolute atomic E-state index is 0.0254. The fourth-order valence-corrected chi connectivity index (χ4v) is 4.10. The number of halogens is 4.